The van der Waals surface area contributed by atoms with Crippen LogP contribution in [0, 0.1) is 6.92 Å². The molecule has 1 fully saturated rings. The highest BCUT2D eigenvalue weighted by molar-refractivity contribution is 5.91. The zero-order valence-corrected chi connectivity index (χ0v) is 14.3. The summed E-state index contributed by atoms with van der Waals surface area (Å²) in [6.07, 6.45) is 2.67. The second-order valence-electron chi connectivity index (χ2n) is 5.94. The van der Waals surface area contributed by atoms with Gasteiger partial charge in [0.25, 0.3) is 0 Å². The van der Waals surface area contributed by atoms with Gasteiger partial charge < -0.3 is 19.5 Å². The fourth-order valence-electron chi connectivity index (χ4n) is 3.35. The second-order valence-corrected chi connectivity index (χ2v) is 5.94. The highest BCUT2D eigenvalue weighted by Gasteiger charge is 2.34. The van der Waals surface area contributed by atoms with E-state index in [1.807, 2.05) is 43.0 Å². The highest BCUT2D eigenvalue weighted by atomic mass is 16.5. The number of amides is 2. The molecule has 1 saturated heterocycles. The van der Waals surface area contributed by atoms with Crippen molar-refractivity contribution in [2.75, 3.05) is 19.0 Å². The molecular formula is C18H23N3O3. The van der Waals surface area contributed by atoms with Crippen molar-refractivity contribution in [2.24, 2.45) is 0 Å². The van der Waals surface area contributed by atoms with Crippen LogP contribution in [0.3, 0.4) is 0 Å². The van der Waals surface area contributed by atoms with Crippen molar-refractivity contribution in [3.63, 3.8) is 0 Å². The average Bonchev–Trinajstić information content (AvgIpc) is 3.21. The Balaban J connectivity index is 1.82. The van der Waals surface area contributed by atoms with Gasteiger partial charge in [0, 0.05) is 18.5 Å². The van der Waals surface area contributed by atoms with Crippen molar-refractivity contribution in [3.8, 4) is 5.75 Å². The minimum absolute atomic E-state index is 0.0147. The van der Waals surface area contributed by atoms with Gasteiger partial charge >= 0.3 is 6.03 Å². The van der Waals surface area contributed by atoms with Gasteiger partial charge in [-0.15, -0.1) is 0 Å². The minimum atomic E-state index is -0.121. The number of nitrogens with one attached hydrogen (secondary N) is 1. The third kappa shape index (κ3) is 2.96. The van der Waals surface area contributed by atoms with Gasteiger partial charge in [0.2, 0.25) is 0 Å². The lowest BCUT2D eigenvalue weighted by atomic mass is 10.0. The SMILES string of the molecule is CCc1onc(C)c1C1CCCN1C(=O)Nc1ccccc1OC. The van der Waals surface area contributed by atoms with Gasteiger partial charge in [0.15, 0.2) is 0 Å². The van der Waals surface area contributed by atoms with Crippen LogP contribution in [0.25, 0.3) is 0 Å². The molecule has 0 aliphatic carbocycles. The van der Waals surface area contributed by atoms with E-state index in [1.165, 1.54) is 0 Å². The van der Waals surface area contributed by atoms with E-state index in [1.54, 1.807) is 7.11 Å². The maximum atomic E-state index is 12.8. The van der Waals surface area contributed by atoms with E-state index in [9.17, 15) is 4.79 Å². The Hall–Kier alpha value is -2.50. The molecule has 3 rings (SSSR count). The van der Waals surface area contributed by atoms with Crippen LogP contribution in [0.1, 0.15) is 42.8 Å². The number of rotatable bonds is 4. The zero-order valence-electron chi connectivity index (χ0n) is 14.3. The molecule has 0 spiro atoms. The highest BCUT2D eigenvalue weighted by Crippen LogP contribution is 2.36. The first-order chi connectivity index (χ1) is 11.7. The molecule has 0 radical (unpaired) electrons. The average molecular weight is 329 g/mol. The van der Waals surface area contributed by atoms with E-state index >= 15 is 0 Å². The number of carbonyl (C=O) groups excluding carboxylic acids is 1. The normalized spacial score (nSPS) is 17.1. The molecule has 6 heteroatoms. The third-order valence-corrected chi connectivity index (χ3v) is 4.50. The lowest BCUT2D eigenvalue weighted by molar-refractivity contribution is 0.206. The summed E-state index contributed by atoms with van der Waals surface area (Å²) in [7, 11) is 1.59. The van der Waals surface area contributed by atoms with Crippen molar-refractivity contribution < 1.29 is 14.1 Å². The topological polar surface area (TPSA) is 67.6 Å². The fraction of sp³-hybridized carbons (Fsp3) is 0.444. The Morgan fingerprint density at radius 2 is 2.25 bits per heavy atom. The Kier molecular flexibility index (Phi) is 4.74. The predicted octanol–water partition coefficient (Wildman–Crippen LogP) is 3.92. The van der Waals surface area contributed by atoms with Gasteiger partial charge in [0.1, 0.15) is 11.5 Å². The van der Waals surface area contributed by atoms with E-state index in [-0.39, 0.29) is 12.1 Å². The Bertz CT molecular complexity index is 726. The van der Waals surface area contributed by atoms with Crippen LogP contribution in [0.5, 0.6) is 5.75 Å². The molecule has 1 atom stereocenters. The molecule has 1 aliphatic heterocycles. The van der Waals surface area contributed by atoms with Gasteiger partial charge in [-0.25, -0.2) is 4.79 Å². The van der Waals surface area contributed by atoms with Crippen molar-refractivity contribution in [2.45, 2.75) is 39.2 Å². The first-order valence-electron chi connectivity index (χ1n) is 8.31. The van der Waals surface area contributed by atoms with E-state index in [0.717, 1.165) is 42.8 Å². The largest absolute Gasteiger partial charge is 0.495 e. The van der Waals surface area contributed by atoms with Crippen LogP contribution >= 0.6 is 0 Å². The summed E-state index contributed by atoms with van der Waals surface area (Å²) in [6.45, 7) is 4.70. The quantitative estimate of drug-likeness (QED) is 0.923. The smallest absolute Gasteiger partial charge is 0.322 e. The molecule has 24 heavy (non-hydrogen) atoms. The van der Waals surface area contributed by atoms with Crippen LogP contribution in [-0.4, -0.2) is 29.7 Å². The van der Waals surface area contributed by atoms with Gasteiger partial charge in [-0.05, 0) is 31.9 Å². The molecule has 2 amide bonds. The molecule has 128 valence electrons. The number of aryl methyl sites for hydroxylation is 2. The number of anilines is 1. The van der Waals surface area contributed by atoms with Crippen LogP contribution in [0.2, 0.25) is 0 Å². The van der Waals surface area contributed by atoms with E-state index in [2.05, 4.69) is 10.5 Å². The number of aromatic nitrogens is 1. The predicted molar refractivity (Wildman–Crippen MR) is 91.3 cm³/mol. The van der Waals surface area contributed by atoms with Gasteiger partial charge in [-0.1, -0.05) is 24.2 Å². The van der Waals surface area contributed by atoms with Crippen molar-refractivity contribution >= 4 is 11.7 Å². The van der Waals surface area contributed by atoms with Crippen LogP contribution in [0.15, 0.2) is 28.8 Å². The Morgan fingerprint density at radius 1 is 1.46 bits per heavy atom. The summed E-state index contributed by atoms with van der Waals surface area (Å²) in [5, 5.41) is 7.05. The Morgan fingerprint density at radius 3 is 3.00 bits per heavy atom. The fourth-order valence-corrected chi connectivity index (χ4v) is 3.35. The van der Waals surface area contributed by atoms with E-state index in [4.69, 9.17) is 9.26 Å². The number of hydrogen-bond acceptors (Lipinski definition) is 4. The maximum absolute atomic E-state index is 12.8. The molecule has 1 aliphatic rings. The first kappa shape index (κ1) is 16.4. The number of methoxy groups -OCH3 is 1. The van der Waals surface area contributed by atoms with Gasteiger partial charge in [0.05, 0.1) is 24.5 Å². The lowest BCUT2D eigenvalue weighted by Gasteiger charge is -2.25. The number of likely N-dealkylation sites (tertiary alicyclic amines) is 1. The van der Waals surface area contributed by atoms with E-state index < -0.39 is 0 Å². The summed E-state index contributed by atoms with van der Waals surface area (Å²) in [5.74, 6) is 1.52. The van der Waals surface area contributed by atoms with Crippen molar-refractivity contribution in [1.29, 1.82) is 0 Å². The molecule has 1 N–H and O–H groups in total. The lowest BCUT2D eigenvalue weighted by Crippen LogP contribution is -2.35. The summed E-state index contributed by atoms with van der Waals surface area (Å²) < 4.78 is 10.7. The second kappa shape index (κ2) is 6.95. The Labute approximate surface area is 141 Å². The number of nitrogens with zero attached hydrogens (tertiary/aromatic N) is 2. The van der Waals surface area contributed by atoms with Crippen LogP contribution in [-0.2, 0) is 6.42 Å². The van der Waals surface area contributed by atoms with Gasteiger partial charge in [-0.2, -0.15) is 0 Å². The number of para-hydroxylation sites is 2. The first-order valence-corrected chi connectivity index (χ1v) is 8.31. The molecule has 0 bridgehead atoms. The van der Waals surface area contributed by atoms with Crippen molar-refractivity contribution in [1.82, 2.24) is 10.1 Å². The number of ether oxygens (including phenoxy) is 1. The summed E-state index contributed by atoms with van der Waals surface area (Å²) in [6, 6.07) is 7.31. The zero-order chi connectivity index (χ0) is 17.1. The molecule has 2 aromatic rings. The van der Waals surface area contributed by atoms with Crippen LogP contribution in [0.4, 0.5) is 10.5 Å². The summed E-state index contributed by atoms with van der Waals surface area (Å²) >= 11 is 0. The molecule has 0 saturated carbocycles. The summed E-state index contributed by atoms with van der Waals surface area (Å²) in [4.78, 5) is 14.7. The molecule has 1 aromatic carbocycles. The molecular weight excluding hydrogens is 306 g/mol. The molecule has 1 unspecified atom stereocenters. The van der Waals surface area contributed by atoms with E-state index in [0.29, 0.717) is 11.4 Å². The maximum Gasteiger partial charge on any atom is 0.322 e. The monoisotopic (exact) mass is 329 g/mol. The molecule has 6 nitrogen and oxygen atoms in total. The minimum Gasteiger partial charge on any atom is -0.495 e. The molecule has 1 aromatic heterocycles. The third-order valence-electron chi connectivity index (χ3n) is 4.50. The molecule has 2 heterocycles. The standard InChI is InChI=1S/C18H23N3O3/c1-4-15-17(12(2)20-24-15)14-9-7-11-21(14)18(22)19-13-8-5-6-10-16(13)23-3/h5-6,8,10,14H,4,7,9,11H2,1-3H3,(H,19,22). The summed E-state index contributed by atoms with van der Waals surface area (Å²) in [5.41, 5.74) is 2.60. The number of benzene rings is 1. The number of carbonyl (C=O) groups is 1. The van der Waals surface area contributed by atoms with Crippen LogP contribution < -0.4 is 10.1 Å². The van der Waals surface area contributed by atoms with Crippen molar-refractivity contribution in [3.05, 3.63) is 41.3 Å². The number of hydrogen-bond donors (Lipinski definition) is 1. The van der Waals surface area contributed by atoms with Gasteiger partial charge in [-0.3, -0.25) is 0 Å². The number of urea groups is 1.